The predicted octanol–water partition coefficient (Wildman–Crippen LogP) is 3.77. The van der Waals surface area contributed by atoms with Crippen LogP contribution in [0.2, 0.25) is 0 Å². The van der Waals surface area contributed by atoms with Gasteiger partial charge in [0.15, 0.2) is 22.2 Å². The van der Waals surface area contributed by atoms with Crippen LogP contribution >= 0.6 is 0 Å². The van der Waals surface area contributed by atoms with Crippen LogP contribution in [0, 0.1) is 18.7 Å². The topological polar surface area (TPSA) is 105 Å². The van der Waals surface area contributed by atoms with Gasteiger partial charge in [-0.25, -0.2) is 12.8 Å². The summed E-state index contributed by atoms with van der Waals surface area (Å²) in [4.78, 5) is 17.5. The summed E-state index contributed by atoms with van der Waals surface area (Å²) in [6, 6.07) is 12.2. The standard InChI is InChI=1S/C30H33FN4O6S/c1-21-29(27(41-32-21)9-7-23-4-2-3-5-25(23)31)42(37,38)35-12-10-24(11-13-35)30(36)34-16-14-33(15-17-34)19-22-6-8-26-28(18-22)40-20-39-26/h2-9,18,24H,10-17,19-20H2,1H3/b9-7+. The highest BCUT2D eigenvalue weighted by Gasteiger charge is 2.37. The van der Waals surface area contributed by atoms with E-state index in [0.29, 0.717) is 31.5 Å². The second-order valence-corrected chi connectivity index (χ2v) is 12.7. The first kappa shape index (κ1) is 28.4. The molecule has 1 aromatic heterocycles. The molecule has 3 aliphatic heterocycles. The molecule has 0 radical (unpaired) electrons. The van der Waals surface area contributed by atoms with E-state index < -0.39 is 15.8 Å². The summed E-state index contributed by atoms with van der Waals surface area (Å²) in [6.45, 7) is 5.85. The van der Waals surface area contributed by atoms with Crippen molar-refractivity contribution in [2.75, 3.05) is 46.1 Å². The smallest absolute Gasteiger partial charge is 0.248 e. The highest BCUT2D eigenvalue weighted by atomic mass is 32.2. The fraction of sp³-hybridized carbons (Fsp3) is 0.400. The highest BCUT2D eigenvalue weighted by molar-refractivity contribution is 7.89. The van der Waals surface area contributed by atoms with Crippen molar-refractivity contribution in [1.29, 1.82) is 0 Å². The lowest BCUT2D eigenvalue weighted by atomic mass is 9.96. The number of aryl methyl sites for hydroxylation is 1. The van der Waals surface area contributed by atoms with Crippen LogP contribution < -0.4 is 9.47 Å². The van der Waals surface area contributed by atoms with E-state index in [9.17, 15) is 17.6 Å². The zero-order chi connectivity index (χ0) is 29.3. The number of benzene rings is 2. The molecule has 3 aliphatic rings. The number of hydrogen-bond acceptors (Lipinski definition) is 8. The summed E-state index contributed by atoms with van der Waals surface area (Å²) in [5.41, 5.74) is 1.68. The molecule has 12 heteroatoms. The largest absolute Gasteiger partial charge is 0.454 e. The van der Waals surface area contributed by atoms with Crippen LogP contribution in [0.4, 0.5) is 4.39 Å². The van der Waals surface area contributed by atoms with Gasteiger partial charge in [0.1, 0.15) is 11.5 Å². The highest BCUT2D eigenvalue weighted by Crippen LogP contribution is 2.33. The molecule has 0 saturated carbocycles. The van der Waals surface area contributed by atoms with Gasteiger partial charge in [-0.3, -0.25) is 9.69 Å². The fourth-order valence-corrected chi connectivity index (χ4v) is 7.45. The van der Waals surface area contributed by atoms with Gasteiger partial charge >= 0.3 is 0 Å². The summed E-state index contributed by atoms with van der Waals surface area (Å²) in [5.74, 6) is 1.02. The van der Waals surface area contributed by atoms with E-state index in [4.69, 9.17) is 14.0 Å². The molecule has 2 saturated heterocycles. The first-order chi connectivity index (χ1) is 20.3. The first-order valence-corrected chi connectivity index (χ1v) is 15.5. The molecule has 2 fully saturated rings. The summed E-state index contributed by atoms with van der Waals surface area (Å²) >= 11 is 0. The number of sulfonamides is 1. The summed E-state index contributed by atoms with van der Waals surface area (Å²) in [6.07, 6.45) is 3.78. The quantitative estimate of drug-likeness (QED) is 0.406. The van der Waals surface area contributed by atoms with Crippen LogP contribution in [-0.4, -0.2) is 79.6 Å². The molecule has 3 aromatic rings. The number of nitrogens with zero attached hydrogens (tertiary/aromatic N) is 4. The molecule has 4 heterocycles. The molecule has 2 aromatic carbocycles. The van der Waals surface area contributed by atoms with Crippen molar-refractivity contribution in [3.63, 3.8) is 0 Å². The third-order valence-electron chi connectivity index (χ3n) is 8.08. The van der Waals surface area contributed by atoms with E-state index >= 15 is 0 Å². The Hall–Kier alpha value is -3.74. The predicted molar refractivity (Wildman–Crippen MR) is 152 cm³/mol. The molecule has 42 heavy (non-hydrogen) atoms. The molecule has 1 amide bonds. The number of ether oxygens (including phenoxy) is 2. The van der Waals surface area contributed by atoms with Crippen LogP contribution in [0.3, 0.4) is 0 Å². The second kappa shape index (κ2) is 11.9. The van der Waals surface area contributed by atoms with Crippen molar-refractivity contribution >= 4 is 28.1 Å². The number of carbonyl (C=O) groups excluding carboxylic acids is 1. The second-order valence-electron chi connectivity index (χ2n) is 10.8. The Morgan fingerprint density at radius 1 is 1.00 bits per heavy atom. The fourth-order valence-electron chi connectivity index (χ4n) is 5.73. The summed E-state index contributed by atoms with van der Waals surface area (Å²) in [7, 11) is -3.93. The molecule has 222 valence electrons. The molecule has 0 bridgehead atoms. The van der Waals surface area contributed by atoms with Crippen molar-refractivity contribution in [3.8, 4) is 11.5 Å². The minimum atomic E-state index is -3.93. The normalized spacial score (nSPS) is 18.7. The minimum absolute atomic E-state index is 0.0292. The maximum atomic E-state index is 14.0. The van der Waals surface area contributed by atoms with E-state index in [1.54, 1.807) is 25.1 Å². The van der Waals surface area contributed by atoms with Gasteiger partial charge in [0.2, 0.25) is 22.7 Å². The molecule has 0 aliphatic carbocycles. The van der Waals surface area contributed by atoms with Crippen LogP contribution in [-0.2, 0) is 21.4 Å². The van der Waals surface area contributed by atoms with E-state index in [1.165, 1.54) is 22.5 Å². The zero-order valence-electron chi connectivity index (χ0n) is 23.4. The molecule has 0 atom stereocenters. The Kier molecular flexibility index (Phi) is 8.02. The number of piperidine rings is 1. The van der Waals surface area contributed by atoms with Crippen molar-refractivity contribution in [1.82, 2.24) is 19.3 Å². The maximum absolute atomic E-state index is 14.0. The number of carbonyl (C=O) groups is 1. The van der Waals surface area contributed by atoms with Crippen molar-refractivity contribution in [2.24, 2.45) is 5.92 Å². The molecular weight excluding hydrogens is 563 g/mol. The molecule has 6 rings (SSSR count). The number of halogens is 1. The van der Waals surface area contributed by atoms with E-state index in [-0.39, 0.29) is 48.1 Å². The minimum Gasteiger partial charge on any atom is -0.454 e. The number of fused-ring (bicyclic) bond motifs is 1. The third-order valence-corrected chi connectivity index (χ3v) is 10.1. The summed E-state index contributed by atoms with van der Waals surface area (Å²) in [5, 5.41) is 3.86. The number of aromatic nitrogens is 1. The van der Waals surface area contributed by atoms with Gasteiger partial charge in [0, 0.05) is 57.3 Å². The lowest BCUT2D eigenvalue weighted by Crippen LogP contribution is -2.51. The number of hydrogen-bond donors (Lipinski definition) is 0. The Balaban J connectivity index is 1.03. The maximum Gasteiger partial charge on any atom is 0.248 e. The van der Waals surface area contributed by atoms with Crippen molar-refractivity contribution in [2.45, 2.75) is 31.2 Å². The Morgan fingerprint density at radius 2 is 1.74 bits per heavy atom. The van der Waals surface area contributed by atoms with Crippen LogP contribution in [0.1, 0.15) is 35.4 Å². The molecular formula is C30H33FN4O6S. The number of rotatable bonds is 7. The van der Waals surface area contributed by atoms with Crippen molar-refractivity contribution < 1.29 is 31.6 Å². The Morgan fingerprint density at radius 3 is 2.50 bits per heavy atom. The lowest BCUT2D eigenvalue weighted by Gasteiger charge is -2.38. The molecule has 10 nitrogen and oxygen atoms in total. The first-order valence-electron chi connectivity index (χ1n) is 14.1. The molecule has 0 unspecified atom stereocenters. The van der Waals surface area contributed by atoms with Gasteiger partial charge in [-0.05, 0) is 55.7 Å². The third kappa shape index (κ3) is 5.79. The van der Waals surface area contributed by atoms with E-state index in [2.05, 4.69) is 10.1 Å². The van der Waals surface area contributed by atoms with E-state index in [0.717, 1.165) is 36.7 Å². The number of piperazine rings is 1. The molecule has 0 spiro atoms. The summed E-state index contributed by atoms with van der Waals surface area (Å²) < 4.78 is 58.8. The average molecular weight is 597 g/mol. The van der Waals surface area contributed by atoms with Gasteiger partial charge in [-0.15, -0.1) is 0 Å². The number of amides is 1. The Bertz CT molecular complexity index is 1590. The SMILES string of the molecule is Cc1noc(/C=C/c2ccccc2F)c1S(=O)(=O)N1CCC(C(=O)N2CCN(Cc3ccc4c(c3)OCO4)CC2)CC1. The average Bonchev–Trinajstić information content (AvgIpc) is 3.63. The van der Waals surface area contributed by atoms with Crippen LogP contribution in [0.5, 0.6) is 11.5 Å². The monoisotopic (exact) mass is 596 g/mol. The molecule has 0 N–H and O–H groups in total. The van der Waals surface area contributed by atoms with Gasteiger partial charge in [0.05, 0.1) is 0 Å². The lowest BCUT2D eigenvalue weighted by molar-refractivity contribution is -0.138. The zero-order valence-corrected chi connectivity index (χ0v) is 24.2. The van der Waals surface area contributed by atoms with Gasteiger partial charge < -0.3 is 18.9 Å². The van der Waals surface area contributed by atoms with Gasteiger partial charge in [-0.2, -0.15) is 4.31 Å². The van der Waals surface area contributed by atoms with Gasteiger partial charge in [0.25, 0.3) is 0 Å². The van der Waals surface area contributed by atoms with E-state index in [1.807, 2.05) is 23.1 Å². The van der Waals surface area contributed by atoms with Crippen molar-refractivity contribution in [3.05, 3.63) is 70.9 Å². The van der Waals surface area contributed by atoms with Crippen LogP contribution in [0.15, 0.2) is 51.9 Å². The van der Waals surface area contributed by atoms with Gasteiger partial charge in [-0.1, -0.05) is 29.4 Å². The Labute approximate surface area is 244 Å². The van der Waals surface area contributed by atoms with Crippen LogP contribution in [0.25, 0.3) is 12.2 Å².